The highest BCUT2D eigenvalue weighted by molar-refractivity contribution is 7.92. The van der Waals surface area contributed by atoms with Crippen LogP contribution in [0.4, 0.5) is 5.69 Å². The number of para-hydroxylation sites is 2. The van der Waals surface area contributed by atoms with Crippen molar-refractivity contribution >= 4 is 21.6 Å². The Balaban J connectivity index is 1.94. The minimum absolute atomic E-state index is 0.0720. The van der Waals surface area contributed by atoms with Gasteiger partial charge >= 0.3 is 0 Å². The van der Waals surface area contributed by atoms with Gasteiger partial charge < -0.3 is 19.3 Å². The Bertz CT molecular complexity index is 986. The van der Waals surface area contributed by atoms with Gasteiger partial charge in [-0.2, -0.15) is 0 Å². The van der Waals surface area contributed by atoms with Gasteiger partial charge in [-0.15, -0.1) is 0 Å². The second-order valence-electron chi connectivity index (χ2n) is 7.17. The van der Waals surface area contributed by atoms with Gasteiger partial charge in [0.05, 0.1) is 24.8 Å². The van der Waals surface area contributed by atoms with E-state index in [9.17, 15) is 13.2 Å². The van der Waals surface area contributed by atoms with Crippen LogP contribution < -0.4 is 13.8 Å². The van der Waals surface area contributed by atoms with Gasteiger partial charge in [0, 0.05) is 26.2 Å². The molecule has 1 aliphatic rings. The lowest BCUT2D eigenvalue weighted by molar-refractivity contribution is -0.131. The summed E-state index contributed by atoms with van der Waals surface area (Å²) < 4.78 is 38.8. The summed E-state index contributed by atoms with van der Waals surface area (Å²) in [5.41, 5.74) is 0.321. The number of hydrogen-bond acceptors (Lipinski definition) is 6. The van der Waals surface area contributed by atoms with Gasteiger partial charge in [-0.3, -0.25) is 9.10 Å². The maximum absolute atomic E-state index is 13.6. The smallest absolute Gasteiger partial charge is 0.264 e. The number of hydrogen-bond donors (Lipinski definition) is 0. The number of sulfonamides is 1. The van der Waals surface area contributed by atoms with Crippen molar-refractivity contribution in [1.82, 2.24) is 9.80 Å². The number of piperazine rings is 1. The van der Waals surface area contributed by atoms with Gasteiger partial charge in [-0.05, 0) is 42.9 Å². The fourth-order valence-corrected chi connectivity index (χ4v) is 4.97. The summed E-state index contributed by atoms with van der Waals surface area (Å²) in [6.45, 7) is 5.43. The number of likely N-dealkylation sites (N-methyl/N-ethyl adjacent to an activating group) is 1. The summed E-state index contributed by atoms with van der Waals surface area (Å²) in [5.74, 6) is 0.689. The summed E-state index contributed by atoms with van der Waals surface area (Å²) in [6, 6.07) is 12.9. The molecule has 1 amide bonds. The molecule has 0 unspecified atom stereocenters. The van der Waals surface area contributed by atoms with E-state index in [2.05, 4.69) is 11.8 Å². The molecule has 0 bridgehead atoms. The highest BCUT2D eigenvalue weighted by Crippen LogP contribution is 2.32. The van der Waals surface area contributed by atoms with Gasteiger partial charge in [0.2, 0.25) is 5.91 Å². The standard InChI is InChI=1S/C22H29N3O5S/c1-4-23-13-15-24(16-14-23)22(26)17-25(20-7-5-6-8-21(20)30-3)31(27,28)19-11-9-18(29-2)10-12-19/h5-12H,4,13-17H2,1-3H3. The summed E-state index contributed by atoms with van der Waals surface area (Å²) >= 11 is 0. The number of carbonyl (C=O) groups excluding carboxylic acids is 1. The molecule has 2 aromatic carbocycles. The van der Waals surface area contributed by atoms with E-state index in [1.807, 2.05) is 0 Å². The topological polar surface area (TPSA) is 79.4 Å². The van der Waals surface area contributed by atoms with Crippen LogP contribution in [0.15, 0.2) is 53.4 Å². The lowest BCUT2D eigenvalue weighted by Gasteiger charge is -2.35. The zero-order valence-electron chi connectivity index (χ0n) is 18.2. The van der Waals surface area contributed by atoms with Crippen molar-refractivity contribution in [3.63, 3.8) is 0 Å². The Morgan fingerprint density at radius 1 is 0.968 bits per heavy atom. The molecule has 0 radical (unpaired) electrons. The van der Waals surface area contributed by atoms with E-state index in [1.165, 1.54) is 26.4 Å². The second-order valence-corrected chi connectivity index (χ2v) is 9.04. The van der Waals surface area contributed by atoms with Crippen molar-refractivity contribution in [2.75, 3.05) is 57.8 Å². The van der Waals surface area contributed by atoms with Gasteiger partial charge in [0.1, 0.15) is 18.0 Å². The molecule has 0 atom stereocenters. The van der Waals surface area contributed by atoms with Crippen LogP contribution in [0.3, 0.4) is 0 Å². The zero-order valence-corrected chi connectivity index (χ0v) is 19.0. The molecule has 0 aromatic heterocycles. The van der Waals surface area contributed by atoms with E-state index in [0.29, 0.717) is 30.3 Å². The monoisotopic (exact) mass is 447 g/mol. The lowest BCUT2D eigenvalue weighted by atomic mass is 10.2. The molecular formula is C22H29N3O5S. The van der Waals surface area contributed by atoms with Crippen LogP contribution in [0.25, 0.3) is 0 Å². The second kappa shape index (κ2) is 10.0. The molecule has 0 N–H and O–H groups in total. The Kier molecular flexibility index (Phi) is 7.40. The molecule has 31 heavy (non-hydrogen) atoms. The molecule has 8 nitrogen and oxygen atoms in total. The number of rotatable bonds is 8. The van der Waals surface area contributed by atoms with Crippen molar-refractivity contribution in [3.8, 4) is 11.5 Å². The Labute approximate surface area is 184 Å². The zero-order chi connectivity index (χ0) is 22.4. The Hall–Kier alpha value is -2.78. The molecule has 168 valence electrons. The molecule has 0 spiro atoms. The van der Waals surface area contributed by atoms with E-state index >= 15 is 0 Å². The fraction of sp³-hybridized carbons (Fsp3) is 0.409. The highest BCUT2D eigenvalue weighted by Gasteiger charge is 2.31. The third-order valence-electron chi connectivity index (χ3n) is 5.45. The molecule has 1 fully saturated rings. The normalized spacial score (nSPS) is 14.9. The minimum atomic E-state index is -4.02. The van der Waals surface area contributed by atoms with E-state index in [1.54, 1.807) is 41.3 Å². The number of carbonyl (C=O) groups is 1. The first-order valence-corrected chi connectivity index (χ1v) is 11.6. The van der Waals surface area contributed by atoms with Crippen molar-refractivity contribution in [2.24, 2.45) is 0 Å². The van der Waals surface area contributed by atoms with E-state index in [4.69, 9.17) is 9.47 Å². The van der Waals surface area contributed by atoms with E-state index in [0.717, 1.165) is 23.9 Å². The van der Waals surface area contributed by atoms with Gasteiger partial charge in [-0.25, -0.2) is 8.42 Å². The molecule has 1 heterocycles. The van der Waals surface area contributed by atoms with E-state index in [-0.39, 0.29) is 17.3 Å². The van der Waals surface area contributed by atoms with Crippen LogP contribution in [0, 0.1) is 0 Å². The predicted octanol–water partition coefficient (Wildman–Crippen LogP) is 2.06. The van der Waals surface area contributed by atoms with Crippen molar-refractivity contribution in [2.45, 2.75) is 11.8 Å². The quantitative estimate of drug-likeness (QED) is 0.616. The van der Waals surface area contributed by atoms with Crippen LogP contribution in [0.1, 0.15) is 6.92 Å². The molecule has 1 aliphatic heterocycles. The van der Waals surface area contributed by atoms with Crippen LogP contribution in [-0.2, 0) is 14.8 Å². The average Bonchev–Trinajstić information content (AvgIpc) is 2.82. The summed E-state index contributed by atoms with van der Waals surface area (Å²) in [4.78, 5) is 17.1. The largest absolute Gasteiger partial charge is 0.497 e. The average molecular weight is 448 g/mol. The molecule has 9 heteroatoms. The molecule has 0 saturated carbocycles. The van der Waals surface area contributed by atoms with Gasteiger partial charge in [-0.1, -0.05) is 19.1 Å². The third kappa shape index (κ3) is 5.11. The first-order valence-electron chi connectivity index (χ1n) is 10.2. The highest BCUT2D eigenvalue weighted by atomic mass is 32.2. The summed E-state index contributed by atoms with van der Waals surface area (Å²) in [6.07, 6.45) is 0. The molecular weight excluding hydrogens is 418 g/mol. The Morgan fingerprint density at radius 2 is 1.61 bits per heavy atom. The minimum Gasteiger partial charge on any atom is -0.497 e. The van der Waals surface area contributed by atoms with Crippen LogP contribution in [-0.4, -0.2) is 77.6 Å². The first-order chi connectivity index (χ1) is 14.9. The van der Waals surface area contributed by atoms with Crippen LogP contribution >= 0.6 is 0 Å². The first kappa shape index (κ1) is 22.9. The number of ether oxygens (including phenoxy) is 2. The summed E-state index contributed by atoms with van der Waals surface area (Å²) in [7, 11) is -1.03. The lowest BCUT2D eigenvalue weighted by Crippen LogP contribution is -2.51. The Morgan fingerprint density at radius 3 is 2.19 bits per heavy atom. The maximum Gasteiger partial charge on any atom is 0.264 e. The number of anilines is 1. The fourth-order valence-electron chi connectivity index (χ4n) is 3.55. The molecule has 3 rings (SSSR count). The number of nitrogens with zero attached hydrogens (tertiary/aromatic N) is 3. The summed E-state index contributed by atoms with van der Waals surface area (Å²) in [5, 5.41) is 0. The van der Waals surface area contributed by atoms with Crippen LogP contribution in [0.5, 0.6) is 11.5 Å². The maximum atomic E-state index is 13.6. The van der Waals surface area contributed by atoms with Gasteiger partial charge in [0.25, 0.3) is 10.0 Å². The third-order valence-corrected chi connectivity index (χ3v) is 7.23. The van der Waals surface area contributed by atoms with Crippen molar-refractivity contribution in [3.05, 3.63) is 48.5 Å². The molecule has 2 aromatic rings. The predicted molar refractivity (Wildman–Crippen MR) is 119 cm³/mol. The van der Waals surface area contributed by atoms with Crippen molar-refractivity contribution in [1.29, 1.82) is 0 Å². The van der Waals surface area contributed by atoms with Crippen molar-refractivity contribution < 1.29 is 22.7 Å². The number of benzene rings is 2. The molecule has 0 aliphatic carbocycles. The van der Waals surface area contributed by atoms with E-state index < -0.39 is 10.0 Å². The van der Waals surface area contributed by atoms with Gasteiger partial charge in [0.15, 0.2) is 0 Å². The number of amides is 1. The molecule has 1 saturated heterocycles. The van der Waals surface area contributed by atoms with Crippen LogP contribution in [0.2, 0.25) is 0 Å². The number of methoxy groups -OCH3 is 2. The SMILES string of the molecule is CCN1CCN(C(=O)CN(c2ccccc2OC)S(=O)(=O)c2ccc(OC)cc2)CC1.